The Morgan fingerprint density at radius 2 is 1.18 bits per heavy atom. The van der Waals surface area contributed by atoms with Crippen molar-refractivity contribution < 1.29 is 13.7 Å². The monoisotopic (exact) mass is 610 g/mol. The summed E-state index contributed by atoms with van der Waals surface area (Å²) in [6.45, 7) is 5.74. The van der Waals surface area contributed by atoms with Crippen LogP contribution < -0.4 is 60.1 Å². The van der Waals surface area contributed by atoms with E-state index < -0.39 is 18.2 Å². The zero-order valence-corrected chi connectivity index (χ0v) is 26.9. The maximum atomic E-state index is 6.94. The van der Waals surface area contributed by atoms with Crippen LogP contribution in [0.25, 0.3) is 56.1 Å². The molecule has 0 N–H and O–H groups in total. The van der Waals surface area contributed by atoms with Crippen molar-refractivity contribution in [2.24, 2.45) is 0 Å². The highest BCUT2D eigenvalue weighted by Crippen LogP contribution is 2.39. The molecular formula is C32H15B11N3O3. The van der Waals surface area contributed by atoms with Crippen molar-refractivity contribution in [2.45, 2.75) is 31.9 Å². The average molecular weight is 608 g/mol. The van der Waals surface area contributed by atoms with E-state index >= 15 is 0 Å². The molecule has 8 rings (SSSR count). The molecule has 17 heteroatoms. The van der Waals surface area contributed by atoms with E-state index in [0.717, 1.165) is 16.2 Å². The lowest BCUT2D eigenvalue weighted by molar-refractivity contribution is 0.0522. The summed E-state index contributed by atoms with van der Waals surface area (Å²) in [5.74, 6) is 0.297. The van der Waals surface area contributed by atoms with E-state index in [4.69, 9.17) is 99.3 Å². The first-order valence-electron chi connectivity index (χ1n) is 15.3. The SMILES string of the molecule is [B]c1c([B])c([B])c(-c2nc3nc(n2)-c2cccc4oc5ccc(cc5c24)B2OC(C)(C)C(C)([B]c4c([B])c([B])c([B])c-3c4[B])O2)c([B])c1[B]. The highest BCUT2D eigenvalue weighted by atomic mass is 16.7. The van der Waals surface area contributed by atoms with Crippen LogP contribution >= 0.6 is 0 Å². The highest BCUT2D eigenvalue weighted by molar-refractivity contribution is 6.76. The maximum Gasteiger partial charge on any atom is 0.494 e. The summed E-state index contributed by atoms with van der Waals surface area (Å²) >= 11 is 0. The van der Waals surface area contributed by atoms with E-state index in [-0.39, 0.29) is 77.8 Å². The van der Waals surface area contributed by atoms with E-state index in [1.165, 1.54) is 0 Å². The molecule has 2 aliphatic rings. The third kappa shape index (κ3) is 4.60. The van der Waals surface area contributed by atoms with E-state index in [0.29, 0.717) is 22.2 Å². The summed E-state index contributed by atoms with van der Waals surface area (Å²) in [5.41, 5.74) is 1.96. The zero-order valence-electron chi connectivity index (χ0n) is 26.9. The molecule has 6 nitrogen and oxygen atoms in total. The van der Waals surface area contributed by atoms with Crippen LogP contribution in [0.2, 0.25) is 0 Å². The van der Waals surface area contributed by atoms with E-state index in [9.17, 15) is 0 Å². The first-order chi connectivity index (χ1) is 23.1. The number of furan rings is 1. The number of hydrogen-bond acceptors (Lipinski definition) is 6. The fourth-order valence-electron chi connectivity index (χ4n) is 6.63. The third-order valence-corrected chi connectivity index (χ3v) is 9.88. The molecule has 1 atom stereocenters. The van der Waals surface area contributed by atoms with Crippen molar-refractivity contribution in [3.63, 3.8) is 0 Å². The molecule has 0 saturated carbocycles. The summed E-state index contributed by atoms with van der Waals surface area (Å²) in [7, 11) is 59.5. The largest absolute Gasteiger partial charge is 0.494 e. The Hall–Kier alpha value is -3.68. The molecule has 209 valence electrons. The molecule has 49 heavy (non-hydrogen) atoms. The maximum absolute atomic E-state index is 6.94. The number of hydrogen-bond donors (Lipinski definition) is 0. The minimum Gasteiger partial charge on any atom is -0.456 e. The molecule has 4 aromatic carbocycles. The molecule has 2 aliphatic heterocycles. The Kier molecular flexibility index (Phi) is 7.24. The van der Waals surface area contributed by atoms with E-state index in [1.807, 2.05) is 57.2 Å². The van der Waals surface area contributed by atoms with Gasteiger partial charge in [0.15, 0.2) is 24.8 Å². The summed E-state index contributed by atoms with van der Waals surface area (Å²) in [6, 6.07) is 11.3. The molecule has 19 radical (unpaired) electrons. The molecule has 1 unspecified atom stereocenters. The molecule has 1 saturated heterocycles. The molecule has 2 aromatic heterocycles. The topological polar surface area (TPSA) is 70.3 Å². The second kappa shape index (κ2) is 10.9. The van der Waals surface area contributed by atoms with Crippen molar-refractivity contribution in [3.05, 3.63) is 36.4 Å². The second-order valence-corrected chi connectivity index (χ2v) is 13.1. The number of aromatic nitrogens is 3. The average Bonchev–Trinajstić information content (AvgIpc) is 3.56. The summed E-state index contributed by atoms with van der Waals surface area (Å²) in [6.07, 6.45) is 0. The molecule has 0 amide bonds. The number of nitrogens with zero attached hydrogens (tertiary/aromatic N) is 3. The molecule has 6 aromatic rings. The second-order valence-electron chi connectivity index (χ2n) is 13.1. The Morgan fingerprint density at radius 1 is 0.612 bits per heavy atom. The van der Waals surface area contributed by atoms with Crippen LogP contribution in [0.5, 0.6) is 0 Å². The number of rotatable bonds is 1. The van der Waals surface area contributed by atoms with Crippen LogP contribution in [0.4, 0.5) is 0 Å². The lowest BCUT2D eigenvalue weighted by atomic mass is 9.45. The molecule has 0 aliphatic carbocycles. The van der Waals surface area contributed by atoms with Crippen LogP contribution in [-0.4, -0.2) is 111 Å². The molecule has 4 heterocycles. The number of fused-ring (bicyclic) bond motifs is 10. The van der Waals surface area contributed by atoms with E-state index in [1.54, 1.807) is 7.28 Å². The van der Waals surface area contributed by atoms with Gasteiger partial charge in [-0.15, -0.1) is 27.3 Å². The summed E-state index contributed by atoms with van der Waals surface area (Å²) < 4.78 is 19.5. The Labute approximate surface area is 297 Å². The summed E-state index contributed by atoms with van der Waals surface area (Å²) in [4.78, 5) is 14.6. The molecular weight excluding hydrogens is 593 g/mol. The van der Waals surface area contributed by atoms with E-state index in [2.05, 4.69) is 0 Å². The van der Waals surface area contributed by atoms with Crippen LogP contribution in [0.1, 0.15) is 20.8 Å². The Morgan fingerprint density at radius 3 is 1.84 bits per heavy atom. The molecule has 1 fully saturated rings. The fourth-order valence-corrected chi connectivity index (χ4v) is 6.63. The normalized spacial score (nSPS) is 17.8. The van der Waals surface area contributed by atoms with Crippen molar-refractivity contribution in [1.82, 2.24) is 15.0 Å². The van der Waals surface area contributed by atoms with Gasteiger partial charge in [0.2, 0.25) is 0 Å². The first kappa shape index (κ1) is 32.5. The van der Waals surface area contributed by atoms with Crippen LogP contribution in [-0.2, 0) is 9.31 Å². The van der Waals surface area contributed by atoms with Gasteiger partial charge < -0.3 is 13.7 Å². The molecule has 0 spiro atoms. The number of benzene rings is 4. The van der Waals surface area contributed by atoms with Crippen molar-refractivity contribution in [3.8, 4) is 34.2 Å². The highest BCUT2D eigenvalue weighted by Gasteiger charge is 2.55. The van der Waals surface area contributed by atoms with Crippen molar-refractivity contribution in [2.75, 3.05) is 0 Å². The summed E-state index contributed by atoms with van der Waals surface area (Å²) in [5, 5.41) is 1.50. The van der Waals surface area contributed by atoms with Crippen molar-refractivity contribution in [1.29, 1.82) is 0 Å². The lowest BCUT2D eigenvalue weighted by Crippen LogP contribution is -2.64. The van der Waals surface area contributed by atoms with Crippen LogP contribution in [0, 0.1) is 0 Å². The van der Waals surface area contributed by atoms with Gasteiger partial charge in [0.05, 0.1) is 11.1 Å². The van der Waals surface area contributed by atoms with Gasteiger partial charge in [0, 0.05) is 27.5 Å². The lowest BCUT2D eigenvalue weighted by Gasteiger charge is -2.38. The Balaban J connectivity index is 1.55. The third-order valence-electron chi connectivity index (χ3n) is 9.88. The minimum absolute atomic E-state index is 0.0276. The standard InChI is InChI=1S/C32H15B11N3O3/c1-31(2)32(3)42-27-21(36)17(20(35)24(39)26(27)41)30-45-28(44-29(46-30)16-18(33)22(37)25(40)23(38)19(16)34)11-5-4-6-14-15(11)12-9-10(43(48-31)49-32)7-8-13(12)47-14/h4-9H,1-3H3. The predicted molar refractivity (Wildman–Crippen MR) is 207 cm³/mol. The van der Waals surface area contributed by atoms with Gasteiger partial charge >= 0.3 is 7.12 Å². The minimum atomic E-state index is -1.06. The fraction of sp³-hybridized carbons (Fsp3) is 0.156. The smallest absolute Gasteiger partial charge is 0.456 e. The van der Waals surface area contributed by atoms with Gasteiger partial charge in [0.1, 0.15) is 81.8 Å². The van der Waals surface area contributed by atoms with Gasteiger partial charge in [-0.2, -0.15) is 0 Å². The predicted octanol–water partition coefficient (Wildman–Crippen LogP) is -5.50. The van der Waals surface area contributed by atoms with Gasteiger partial charge in [-0.25, -0.2) is 15.0 Å². The molecule has 8 bridgehead atoms. The quantitative estimate of drug-likeness (QED) is 0.174. The van der Waals surface area contributed by atoms with Crippen molar-refractivity contribution >= 4 is 167 Å². The van der Waals surface area contributed by atoms with Crippen LogP contribution in [0.3, 0.4) is 0 Å². The first-order valence-corrected chi connectivity index (χ1v) is 15.3. The Bertz CT molecular complexity index is 2420. The van der Waals surface area contributed by atoms with Crippen LogP contribution in [0.15, 0.2) is 40.8 Å². The van der Waals surface area contributed by atoms with Gasteiger partial charge in [0.25, 0.3) is 0 Å². The zero-order chi connectivity index (χ0) is 34.9. The van der Waals surface area contributed by atoms with Gasteiger partial charge in [-0.05, 0) is 38.4 Å². The van der Waals surface area contributed by atoms with Gasteiger partial charge in [-0.1, -0.05) is 51.6 Å². The van der Waals surface area contributed by atoms with Gasteiger partial charge in [-0.3, -0.25) is 0 Å².